The van der Waals surface area contributed by atoms with Gasteiger partial charge >= 0.3 is 0 Å². The molecule has 0 saturated heterocycles. The lowest BCUT2D eigenvalue weighted by Crippen LogP contribution is -2.34. The molecule has 21 heavy (non-hydrogen) atoms. The number of aryl methyl sites for hydroxylation is 1. The van der Waals surface area contributed by atoms with Crippen LogP contribution in [0.4, 0.5) is 0 Å². The van der Waals surface area contributed by atoms with E-state index >= 15 is 0 Å². The van der Waals surface area contributed by atoms with Crippen molar-refractivity contribution >= 4 is 29.1 Å². The van der Waals surface area contributed by atoms with Crippen LogP contribution in [0, 0.1) is 13.8 Å². The van der Waals surface area contributed by atoms with Crippen molar-refractivity contribution in [3.8, 4) is 0 Å². The van der Waals surface area contributed by atoms with Crippen molar-refractivity contribution in [3.63, 3.8) is 0 Å². The molecule has 0 aromatic carbocycles. The van der Waals surface area contributed by atoms with Crippen LogP contribution in [-0.2, 0) is 11.3 Å². The van der Waals surface area contributed by atoms with Crippen LogP contribution in [0.1, 0.15) is 24.4 Å². The molecule has 2 heterocycles. The third kappa shape index (κ3) is 3.57. The average molecular weight is 330 g/mol. The summed E-state index contributed by atoms with van der Waals surface area (Å²) < 4.78 is 3.31. The molecular formula is C13H17Cl2N5O. The highest BCUT2D eigenvalue weighted by Gasteiger charge is 2.20. The maximum absolute atomic E-state index is 12.1. The number of nitrogens with one attached hydrogen (secondary N) is 1. The lowest BCUT2D eigenvalue weighted by Gasteiger charge is -2.14. The normalized spacial score (nSPS) is 12.4. The fourth-order valence-corrected chi connectivity index (χ4v) is 2.31. The Kier molecular flexibility index (Phi) is 4.90. The second-order valence-electron chi connectivity index (χ2n) is 4.82. The number of rotatable bonds is 5. The summed E-state index contributed by atoms with van der Waals surface area (Å²) in [5.74, 6) is -0.115. The minimum absolute atomic E-state index is 0.115. The van der Waals surface area contributed by atoms with Crippen molar-refractivity contribution < 1.29 is 4.79 Å². The molecule has 0 bridgehead atoms. The van der Waals surface area contributed by atoms with Crippen molar-refractivity contribution in [1.82, 2.24) is 24.9 Å². The van der Waals surface area contributed by atoms with Crippen molar-refractivity contribution in [2.24, 2.45) is 0 Å². The molecule has 1 amide bonds. The van der Waals surface area contributed by atoms with Gasteiger partial charge in [0.1, 0.15) is 6.04 Å². The van der Waals surface area contributed by atoms with E-state index in [-0.39, 0.29) is 5.91 Å². The minimum atomic E-state index is -0.419. The standard InChI is InChI=1S/C13H17Cl2N5O/c1-8-12(15)9(2)20(18-8)10(3)13(21)16-4-5-19-7-11(14)6-17-19/h6-7,10H,4-5H2,1-3H3,(H,16,21). The molecule has 0 aliphatic rings. The van der Waals surface area contributed by atoms with Crippen molar-refractivity contribution in [2.45, 2.75) is 33.4 Å². The molecule has 2 aromatic rings. The van der Waals surface area contributed by atoms with Gasteiger partial charge in [-0.15, -0.1) is 0 Å². The zero-order valence-electron chi connectivity index (χ0n) is 12.1. The summed E-state index contributed by atoms with van der Waals surface area (Å²) in [6, 6.07) is -0.419. The molecule has 2 rings (SSSR count). The van der Waals surface area contributed by atoms with E-state index in [2.05, 4.69) is 15.5 Å². The first-order valence-corrected chi connectivity index (χ1v) is 7.32. The van der Waals surface area contributed by atoms with Gasteiger partial charge in [-0.1, -0.05) is 23.2 Å². The third-order valence-corrected chi connectivity index (χ3v) is 3.97. The molecule has 6 nitrogen and oxygen atoms in total. The zero-order valence-corrected chi connectivity index (χ0v) is 13.6. The number of carbonyl (C=O) groups is 1. The first-order valence-electron chi connectivity index (χ1n) is 6.57. The van der Waals surface area contributed by atoms with Gasteiger partial charge in [-0.3, -0.25) is 14.2 Å². The Morgan fingerprint density at radius 3 is 2.67 bits per heavy atom. The Labute approximate surface area is 133 Å². The SMILES string of the molecule is Cc1nn(C(C)C(=O)NCCn2cc(Cl)cn2)c(C)c1Cl. The lowest BCUT2D eigenvalue weighted by atomic mass is 10.3. The van der Waals surface area contributed by atoms with Gasteiger partial charge in [0.05, 0.1) is 34.2 Å². The van der Waals surface area contributed by atoms with E-state index in [4.69, 9.17) is 23.2 Å². The smallest absolute Gasteiger partial charge is 0.244 e. The maximum atomic E-state index is 12.1. The molecule has 0 aliphatic carbocycles. The second kappa shape index (κ2) is 6.49. The highest BCUT2D eigenvalue weighted by Crippen LogP contribution is 2.22. The molecule has 1 N–H and O–H groups in total. The lowest BCUT2D eigenvalue weighted by molar-refractivity contribution is -0.124. The maximum Gasteiger partial charge on any atom is 0.244 e. The van der Waals surface area contributed by atoms with Gasteiger partial charge in [0, 0.05) is 12.7 Å². The number of hydrogen-bond acceptors (Lipinski definition) is 3. The van der Waals surface area contributed by atoms with Gasteiger partial charge in [-0.2, -0.15) is 10.2 Å². The molecule has 0 radical (unpaired) electrons. The summed E-state index contributed by atoms with van der Waals surface area (Å²) in [4.78, 5) is 12.1. The van der Waals surface area contributed by atoms with Crippen LogP contribution in [-0.4, -0.2) is 32.0 Å². The van der Waals surface area contributed by atoms with Crippen molar-refractivity contribution in [2.75, 3.05) is 6.54 Å². The van der Waals surface area contributed by atoms with Gasteiger partial charge in [-0.25, -0.2) is 0 Å². The molecule has 1 unspecified atom stereocenters. The van der Waals surface area contributed by atoms with Gasteiger partial charge in [0.25, 0.3) is 0 Å². The summed E-state index contributed by atoms with van der Waals surface area (Å²) >= 11 is 11.9. The molecular weight excluding hydrogens is 313 g/mol. The number of nitrogens with zero attached hydrogens (tertiary/aromatic N) is 4. The average Bonchev–Trinajstić information content (AvgIpc) is 2.97. The predicted molar refractivity (Wildman–Crippen MR) is 81.7 cm³/mol. The van der Waals surface area contributed by atoms with E-state index < -0.39 is 6.04 Å². The van der Waals surface area contributed by atoms with Crippen LogP contribution in [0.15, 0.2) is 12.4 Å². The topological polar surface area (TPSA) is 64.7 Å². The first kappa shape index (κ1) is 15.9. The van der Waals surface area contributed by atoms with Crippen LogP contribution in [0.3, 0.4) is 0 Å². The summed E-state index contributed by atoms with van der Waals surface area (Å²) in [6.07, 6.45) is 3.27. The Hall–Kier alpha value is -1.53. The van der Waals surface area contributed by atoms with E-state index in [0.29, 0.717) is 23.1 Å². The van der Waals surface area contributed by atoms with Crippen LogP contribution in [0.5, 0.6) is 0 Å². The molecule has 1 atom stereocenters. The monoisotopic (exact) mass is 329 g/mol. The number of carbonyl (C=O) groups excluding carboxylic acids is 1. The largest absolute Gasteiger partial charge is 0.352 e. The Balaban J connectivity index is 1.92. The van der Waals surface area contributed by atoms with E-state index in [1.54, 1.807) is 28.7 Å². The molecule has 114 valence electrons. The van der Waals surface area contributed by atoms with E-state index in [1.165, 1.54) is 0 Å². The summed E-state index contributed by atoms with van der Waals surface area (Å²) in [5, 5.41) is 12.4. The van der Waals surface area contributed by atoms with Crippen LogP contribution in [0.2, 0.25) is 10.0 Å². The summed E-state index contributed by atoms with van der Waals surface area (Å²) in [5.41, 5.74) is 1.51. The molecule has 0 fully saturated rings. The van der Waals surface area contributed by atoms with E-state index in [9.17, 15) is 4.79 Å². The predicted octanol–water partition coefficient (Wildman–Crippen LogP) is 2.38. The Morgan fingerprint density at radius 1 is 1.43 bits per heavy atom. The third-order valence-electron chi connectivity index (χ3n) is 3.22. The molecule has 0 saturated carbocycles. The fourth-order valence-electron chi connectivity index (χ4n) is 2.03. The summed E-state index contributed by atoms with van der Waals surface area (Å²) in [6.45, 7) is 6.48. The number of halogens is 2. The van der Waals surface area contributed by atoms with Gasteiger partial charge in [0.15, 0.2) is 0 Å². The Bertz CT molecular complexity index is 649. The summed E-state index contributed by atoms with van der Waals surface area (Å²) in [7, 11) is 0. The van der Waals surface area contributed by atoms with Crippen molar-refractivity contribution in [3.05, 3.63) is 33.8 Å². The quantitative estimate of drug-likeness (QED) is 0.915. The highest BCUT2D eigenvalue weighted by atomic mass is 35.5. The van der Waals surface area contributed by atoms with Gasteiger partial charge in [0.2, 0.25) is 5.91 Å². The highest BCUT2D eigenvalue weighted by molar-refractivity contribution is 6.31. The second-order valence-corrected chi connectivity index (χ2v) is 5.63. The number of aromatic nitrogens is 4. The van der Waals surface area contributed by atoms with Crippen molar-refractivity contribution in [1.29, 1.82) is 0 Å². The first-order chi connectivity index (χ1) is 9.90. The van der Waals surface area contributed by atoms with Crippen LogP contribution < -0.4 is 5.32 Å². The van der Waals surface area contributed by atoms with Gasteiger partial charge in [-0.05, 0) is 20.8 Å². The van der Waals surface area contributed by atoms with E-state index in [0.717, 1.165) is 11.4 Å². The molecule has 0 spiro atoms. The molecule has 2 aromatic heterocycles. The van der Waals surface area contributed by atoms with Crippen LogP contribution in [0.25, 0.3) is 0 Å². The fraction of sp³-hybridized carbons (Fsp3) is 0.462. The Morgan fingerprint density at radius 2 is 2.14 bits per heavy atom. The molecule has 0 aliphatic heterocycles. The zero-order chi connectivity index (χ0) is 15.6. The van der Waals surface area contributed by atoms with Crippen LogP contribution >= 0.6 is 23.2 Å². The number of hydrogen-bond donors (Lipinski definition) is 1. The minimum Gasteiger partial charge on any atom is -0.352 e. The number of amides is 1. The molecule has 8 heteroatoms. The van der Waals surface area contributed by atoms with E-state index in [1.807, 2.05) is 13.8 Å². The van der Waals surface area contributed by atoms with Gasteiger partial charge < -0.3 is 5.32 Å².